The van der Waals surface area contributed by atoms with E-state index < -0.39 is 0 Å². The van der Waals surface area contributed by atoms with Crippen molar-refractivity contribution in [3.63, 3.8) is 0 Å². The van der Waals surface area contributed by atoms with Gasteiger partial charge < -0.3 is 10.5 Å². The molecular formula is C13H17NO2. The summed E-state index contributed by atoms with van der Waals surface area (Å²) in [6.45, 7) is 2.51. The zero-order valence-corrected chi connectivity index (χ0v) is 9.53. The Kier molecular flexibility index (Phi) is 2.86. The number of carbonyl (C=O) groups excluding carboxylic acids is 1. The average molecular weight is 219 g/mol. The summed E-state index contributed by atoms with van der Waals surface area (Å²) in [6.07, 6.45) is 2.64. The van der Waals surface area contributed by atoms with Crippen LogP contribution in [0.4, 0.5) is 5.69 Å². The maximum Gasteiger partial charge on any atom is 0.316 e. The van der Waals surface area contributed by atoms with Crippen molar-refractivity contribution in [1.82, 2.24) is 0 Å². The molecule has 2 rings (SSSR count). The molecule has 3 heteroatoms. The highest BCUT2D eigenvalue weighted by molar-refractivity contribution is 5.86. The summed E-state index contributed by atoms with van der Waals surface area (Å²) in [5.41, 5.74) is 7.01. The van der Waals surface area contributed by atoms with Gasteiger partial charge in [-0.2, -0.15) is 0 Å². The van der Waals surface area contributed by atoms with Crippen molar-refractivity contribution in [3.05, 3.63) is 29.8 Å². The van der Waals surface area contributed by atoms with Crippen molar-refractivity contribution in [2.24, 2.45) is 0 Å². The van der Waals surface area contributed by atoms with Gasteiger partial charge in [-0.3, -0.25) is 4.79 Å². The molecule has 1 aromatic carbocycles. The molecule has 0 radical (unpaired) electrons. The number of carbonyl (C=O) groups is 1. The number of rotatable bonds is 4. The third-order valence-corrected chi connectivity index (χ3v) is 3.04. The van der Waals surface area contributed by atoms with Crippen LogP contribution in [0.2, 0.25) is 0 Å². The standard InChI is InChI=1S/C13H17NO2/c1-2-9-16-12(15)13(7-8-13)10-3-5-11(14)6-4-10/h3-6H,2,7-9,14H2,1H3. The number of nitrogen functional groups attached to an aromatic ring is 1. The molecule has 1 aliphatic carbocycles. The minimum absolute atomic E-state index is 0.0841. The van der Waals surface area contributed by atoms with Crippen LogP contribution in [0.1, 0.15) is 31.7 Å². The van der Waals surface area contributed by atoms with E-state index in [1.54, 1.807) is 0 Å². The van der Waals surface area contributed by atoms with E-state index in [-0.39, 0.29) is 11.4 Å². The highest BCUT2D eigenvalue weighted by Crippen LogP contribution is 2.49. The second-order valence-electron chi connectivity index (χ2n) is 4.34. The number of nitrogens with two attached hydrogens (primary N) is 1. The first-order chi connectivity index (χ1) is 7.69. The van der Waals surface area contributed by atoms with Crippen LogP contribution in [0.25, 0.3) is 0 Å². The van der Waals surface area contributed by atoms with E-state index >= 15 is 0 Å². The van der Waals surface area contributed by atoms with E-state index in [4.69, 9.17) is 10.5 Å². The lowest BCUT2D eigenvalue weighted by molar-refractivity contribution is -0.146. The lowest BCUT2D eigenvalue weighted by atomic mass is 9.96. The SMILES string of the molecule is CCCOC(=O)C1(c2ccc(N)cc2)CC1. The van der Waals surface area contributed by atoms with Crippen LogP contribution in [-0.4, -0.2) is 12.6 Å². The second kappa shape index (κ2) is 4.16. The molecule has 1 fully saturated rings. The van der Waals surface area contributed by atoms with Crippen molar-refractivity contribution >= 4 is 11.7 Å². The molecule has 2 N–H and O–H groups in total. The Balaban J connectivity index is 2.13. The first kappa shape index (κ1) is 11.0. The molecule has 0 atom stereocenters. The van der Waals surface area contributed by atoms with Gasteiger partial charge in [0, 0.05) is 5.69 Å². The van der Waals surface area contributed by atoms with E-state index in [0.29, 0.717) is 6.61 Å². The molecule has 0 amide bonds. The number of hydrogen-bond acceptors (Lipinski definition) is 3. The summed E-state index contributed by atoms with van der Waals surface area (Å²) in [5.74, 6) is -0.0841. The number of esters is 1. The molecule has 0 saturated heterocycles. The fraction of sp³-hybridized carbons (Fsp3) is 0.462. The smallest absolute Gasteiger partial charge is 0.316 e. The van der Waals surface area contributed by atoms with Crippen LogP contribution in [0.15, 0.2) is 24.3 Å². The van der Waals surface area contributed by atoms with Gasteiger partial charge in [0.1, 0.15) is 0 Å². The predicted molar refractivity (Wildman–Crippen MR) is 63.0 cm³/mol. The van der Waals surface area contributed by atoms with Gasteiger partial charge in [-0.25, -0.2) is 0 Å². The number of hydrogen-bond donors (Lipinski definition) is 1. The quantitative estimate of drug-likeness (QED) is 0.624. The zero-order valence-electron chi connectivity index (χ0n) is 9.53. The number of benzene rings is 1. The van der Waals surface area contributed by atoms with E-state index in [1.807, 2.05) is 31.2 Å². The van der Waals surface area contributed by atoms with Gasteiger partial charge in [0.2, 0.25) is 0 Å². The highest BCUT2D eigenvalue weighted by atomic mass is 16.5. The number of anilines is 1. The van der Waals surface area contributed by atoms with Crippen molar-refractivity contribution in [1.29, 1.82) is 0 Å². The van der Waals surface area contributed by atoms with E-state index in [2.05, 4.69) is 0 Å². The molecule has 0 heterocycles. The topological polar surface area (TPSA) is 52.3 Å². The molecule has 16 heavy (non-hydrogen) atoms. The molecule has 0 spiro atoms. The first-order valence-corrected chi connectivity index (χ1v) is 5.72. The lowest BCUT2D eigenvalue weighted by Crippen LogP contribution is -2.23. The van der Waals surface area contributed by atoms with Crippen molar-refractivity contribution in [2.75, 3.05) is 12.3 Å². The largest absolute Gasteiger partial charge is 0.465 e. The fourth-order valence-corrected chi connectivity index (χ4v) is 1.87. The molecule has 0 bridgehead atoms. The number of ether oxygens (including phenoxy) is 1. The average Bonchev–Trinajstić information content (AvgIpc) is 3.08. The maximum atomic E-state index is 11.9. The summed E-state index contributed by atoms with van der Waals surface area (Å²) in [4.78, 5) is 11.9. The summed E-state index contributed by atoms with van der Waals surface area (Å²) in [6, 6.07) is 7.52. The Labute approximate surface area is 95.6 Å². The Morgan fingerprint density at radius 1 is 1.38 bits per heavy atom. The minimum atomic E-state index is -0.372. The van der Waals surface area contributed by atoms with Crippen LogP contribution < -0.4 is 5.73 Å². The van der Waals surface area contributed by atoms with Gasteiger partial charge in [0.25, 0.3) is 0 Å². The summed E-state index contributed by atoms with van der Waals surface area (Å²) in [7, 11) is 0. The fourth-order valence-electron chi connectivity index (χ4n) is 1.87. The van der Waals surface area contributed by atoms with Crippen molar-refractivity contribution in [2.45, 2.75) is 31.6 Å². The zero-order chi connectivity index (χ0) is 11.6. The van der Waals surface area contributed by atoms with Crippen LogP contribution in [0, 0.1) is 0 Å². The first-order valence-electron chi connectivity index (χ1n) is 5.72. The van der Waals surface area contributed by atoms with Crippen molar-refractivity contribution in [3.8, 4) is 0 Å². The second-order valence-corrected chi connectivity index (χ2v) is 4.34. The van der Waals surface area contributed by atoms with Gasteiger partial charge >= 0.3 is 5.97 Å². The van der Waals surface area contributed by atoms with Crippen LogP contribution in [0.5, 0.6) is 0 Å². The molecule has 0 aliphatic heterocycles. The van der Waals surface area contributed by atoms with Gasteiger partial charge in [-0.15, -0.1) is 0 Å². The molecule has 1 aliphatic rings. The third kappa shape index (κ3) is 1.90. The summed E-state index contributed by atoms with van der Waals surface area (Å²) in [5, 5.41) is 0. The summed E-state index contributed by atoms with van der Waals surface area (Å²) >= 11 is 0. The Hall–Kier alpha value is -1.51. The maximum absolute atomic E-state index is 11.9. The van der Waals surface area contributed by atoms with Crippen molar-refractivity contribution < 1.29 is 9.53 Å². The van der Waals surface area contributed by atoms with E-state index in [9.17, 15) is 4.79 Å². The van der Waals surface area contributed by atoms with Crippen LogP contribution in [-0.2, 0) is 14.9 Å². The van der Waals surface area contributed by atoms with Crippen LogP contribution >= 0.6 is 0 Å². The molecule has 0 unspecified atom stereocenters. The van der Waals surface area contributed by atoms with Gasteiger partial charge in [-0.05, 0) is 37.0 Å². The van der Waals surface area contributed by atoms with Gasteiger partial charge in [0.15, 0.2) is 0 Å². The highest BCUT2D eigenvalue weighted by Gasteiger charge is 2.52. The molecule has 1 saturated carbocycles. The third-order valence-electron chi connectivity index (χ3n) is 3.04. The Morgan fingerprint density at radius 2 is 2.00 bits per heavy atom. The molecule has 86 valence electrons. The predicted octanol–water partition coefficient (Wildman–Crippen LogP) is 2.25. The Morgan fingerprint density at radius 3 is 2.50 bits per heavy atom. The van der Waals surface area contributed by atoms with Gasteiger partial charge in [0.05, 0.1) is 12.0 Å². The van der Waals surface area contributed by atoms with Crippen LogP contribution in [0.3, 0.4) is 0 Å². The summed E-state index contributed by atoms with van der Waals surface area (Å²) < 4.78 is 5.23. The van der Waals surface area contributed by atoms with Gasteiger partial charge in [-0.1, -0.05) is 19.1 Å². The monoisotopic (exact) mass is 219 g/mol. The molecular weight excluding hydrogens is 202 g/mol. The molecule has 1 aromatic rings. The van der Waals surface area contributed by atoms with E-state index in [1.165, 1.54) is 0 Å². The normalized spacial score (nSPS) is 16.8. The Bertz CT molecular complexity index is 379. The molecule has 3 nitrogen and oxygen atoms in total. The molecule has 0 aromatic heterocycles. The lowest BCUT2D eigenvalue weighted by Gasteiger charge is -2.14. The minimum Gasteiger partial charge on any atom is -0.465 e. The van der Waals surface area contributed by atoms with E-state index in [0.717, 1.165) is 30.5 Å².